The van der Waals surface area contributed by atoms with Crippen LogP contribution in [0.2, 0.25) is 0 Å². The number of hydrogen-bond acceptors (Lipinski definition) is 5. The van der Waals surface area contributed by atoms with E-state index in [-0.39, 0.29) is 11.3 Å². The molecule has 3 aromatic carbocycles. The van der Waals surface area contributed by atoms with Crippen LogP contribution in [0.5, 0.6) is 0 Å². The van der Waals surface area contributed by atoms with Gasteiger partial charge in [-0.2, -0.15) is 0 Å². The molecule has 170 valence electrons. The largest absolute Gasteiger partial charge is 0.507 e. The van der Waals surface area contributed by atoms with Gasteiger partial charge in [0.25, 0.3) is 5.78 Å². The number of Topliss-reactive ketones (excluding diaryl/α,β-unsaturated/α-hetero) is 1. The topological polar surface area (TPSA) is 70.5 Å². The standard InChI is InChI=1S/C28H24N2O3S/c1-16(2)18-12-14-19(15-13-18)24-23(25(31)20-10-8-17(3)9-11-20)26(32)27(33)30(24)28-29-21-6-4-5-7-22(21)34-28/h4-16,24,31H,1-3H3. The average Bonchev–Trinajstić information content (AvgIpc) is 3.37. The molecule has 1 aliphatic heterocycles. The van der Waals surface area contributed by atoms with Crippen LogP contribution >= 0.6 is 11.3 Å². The molecule has 1 unspecified atom stereocenters. The lowest BCUT2D eigenvalue weighted by Crippen LogP contribution is -2.29. The van der Waals surface area contributed by atoms with Crippen molar-refractivity contribution in [3.8, 4) is 0 Å². The number of ketones is 1. The molecule has 0 saturated carbocycles. The predicted molar refractivity (Wildman–Crippen MR) is 136 cm³/mol. The molecule has 0 bridgehead atoms. The molecule has 1 saturated heterocycles. The lowest BCUT2D eigenvalue weighted by molar-refractivity contribution is -0.132. The summed E-state index contributed by atoms with van der Waals surface area (Å²) in [6, 6.07) is 22.0. The van der Waals surface area contributed by atoms with Crippen molar-refractivity contribution >= 4 is 44.1 Å². The van der Waals surface area contributed by atoms with E-state index in [0.29, 0.717) is 16.6 Å². The van der Waals surface area contributed by atoms with Gasteiger partial charge in [-0.25, -0.2) is 4.98 Å². The van der Waals surface area contributed by atoms with Gasteiger partial charge in [0.2, 0.25) is 0 Å². The van der Waals surface area contributed by atoms with Gasteiger partial charge in [-0.1, -0.05) is 91.4 Å². The average molecular weight is 469 g/mol. The Morgan fingerprint density at radius 1 is 0.971 bits per heavy atom. The van der Waals surface area contributed by atoms with Gasteiger partial charge in [-0.15, -0.1) is 0 Å². The molecule has 6 heteroatoms. The Hall–Kier alpha value is -3.77. The van der Waals surface area contributed by atoms with Crippen molar-refractivity contribution in [2.45, 2.75) is 32.7 Å². The third-order valence-electron chi connectivity index (χ3n) is 6.18. The first-order chi connectivity index (χ1) is 16.3. The molecule has 4 aromatic rings. The summed E-state index contributed by atoms with van der Waals surface area (Å²) < 4.78 is 0.923. The van der Waals surface area contributed by atoms with Gasteiger partial charge in [0.05, 0.1) is 21.8 Å². The Morgan fingerprint density at radius 3 is 2.29 bits per heavy atom. The SMILES string of the molecule is Cc1ccc(C(O)=C2C(=O)C(=O)N(c3nc4ccccc4s3)C2c2ccc(C(C)C)cc2)cc1. The third-order valence-corrected chi connectivity index (χ3v) is 7.21. The molecule has 0 spiro atoms. The summed E-state index contributed by atoms with van der Waals surface area (Å²) >= 11 is 1.36. The Balaban J connectivity index is 1.71. The number of carbonyl (C=O) groups is 2. The van der Waals surface area contributed by atoms with Crippen LogP contribution in [0.15, 0.2) is 78.4 Å². The number of hydrogen-bond donors (Lipinski definition) is 1. The van der Waals surface area contributed by atoms with Crippen molar-refractivity contribution < 1.29 is 14.7 Å². The maximum Gasteiger partial charge on any atom is 0.301 e. The molecule has 1 amide bonds. The summed E-state index contributed by atoms with van der Waals surface area (Å²) in [5.74, 6) is -1.24. The Bertz CT molecular complexity index is 1400. The maximum atomic E-state index is 13.3. The van der Waals surface area contributed by atoms with Gasteiger partial charge in [0.1, 0.15) is 5.76 Å². The van der Waals surface area contributed by atoms with E-state index in [0.717, 1.165) is 26.9 Å². The number of aliphatic hydroxyl groups excluding tert-OH is 1. The van der Waals surface area contributed by atoms with Crippen LogP contribution in [-0.2, 0) is 9.59 Å². The number of aliphatic hydroxyl groups is 1. The zero-order chi connectivity index (χ0) is 24.0. The minimum atomic E-state index is -0.775. The number of rotatable bonds is 4. The van der Waals surface area contributed by atoms with Crippen LogP contribution in [-0.4, -0.2) is 21.8 Å². The van der Waals surface area contributed by atoms with E-state index in [9.17, 15) is 14.7 Å². The highest BCUT2D eigenvalue weighted by Crippen LogP contribution is 2.44. The van der Waals surface area contributed by atoms with E-state index in [2.05, 4.69) is 18.8 Å². The zero-order valence-corrected chi connectivity index (χ0v) is 20.0. The molecular weight excluding hydrogens is 444 g/mol. The second kappa shape index (κ2) is 8.54. The van der Waals surface area contributed by atoms with Crippen LogP contribution in [0.1, 0.15) is 48.1 Å². The van der Waals surface area contributed by atoms with Crippen molar-refractivity contribution in [3.63, 3.8) is 0 Å². The molecular formula is C28H24N2O3S. The van der Waals surface area contributed by atoms with Gasteiger partial charge >= 0.3 is 5.91 Å². The first-order valence-electron chi connectivity index (χ1n) is 11.2. The molecule has 0 aliphatic carbocycles. The number of benzene rings is 3. The monoisotopic (exact) mass is 468 g/mol. The number of nitrogens with zero attached hydrogens (tertiary/aromatic N) is 2. The zero-order valence-electron chi connectivity index (χ0n) is 19.1. The van der Waals surface area contributed by atoms with Crippen LogP contribution in [0.25, 0.3) is 16.0 Å². The van der Waals surface area contributed by atoms with Gasteiger partial charge in [0.15, 0.2) is 5.13 Å². The van der Waals surface area contributed by atoms with Crippen LogP contribution in [0.4, 0.5) is 5.13 Å². The highest BCUT2D eigenvalue weighted by Gasteiger charge is 2.48. The minimum absolute atomic E-state index is 0.0745. The van der Waals surface area contributed by atoms with Crippen LogP contribution < -0.4 is 4.90 Å². The highest BCUT2D eigenvalue weighted by molar-refractivity contribution is 7.22. The van der Waals surface area contributed by atoms with E-state index in [1.807, 2.05) is 67.6 Å². The summed E-state index contributed by atoms with van der Waals surface area (Å²) in [6.07, 6.45) is 0. The van der Waals surface area contributed by atoms with Crippen molar-refractivity contribution in [1.29, 1.82) is 0 Å². The minimum Gasteiger partial charge on any atom is -0.507 e. The molecule has 1 N–H and O–H groups in total. The van der Waals surface area contributed by atoms with Gasteiger partial charge in [-0.3, -0.25) is 14.5 Å². The van der Waals surface area contributed by atoms with Gasteiger partial charge < -0.3 is 5.11 Å². The fraction of sp³-hybridized carbons (Fsp3) is 0.179. The van der Waals surface area contributed by atoms with Crippen molar-refractivity contribution in [3.05, 3.63) is 101 Å². The third kappa shape index (κ3) is 3.70. The first kappa shape index (κ1) is 22.0. The van der Waals surface area contributed by atoms with E-state index >= 15 is 0 Å². The molecule has 5 nitrogen and oxygen atoms in total. The molecule has 34 heavy (non-hydrogen) atoms. The van der Waals surface area contributed by atoms with Gasteiger partial charge in [0, 0.05) is 5.56 Å². The summed E-state index contributed by atoms with van der Waals surface area (Å²) in [4.78, 5) is 32.7. The quantitative estimate of drug-likeness (QED) is 0.215. The Morgan fingerprint density at radius 2 is 1.65 bits per heavy atom. The summed E-state index contributed by atoms with van der Waals surface area (Å²) in [7, 11) is 0. The smallest absolute Gasteiger partial charge is 0.301 e. The summed E-state index contributed by atoms with van der Waals surface area (Å²) in [6.45, 7) is 6.17. The molecule has 5 rings (SSSR count). The molecule has 2 heterocycles. The fourth-order valence-electron chi connectivity index (χ4n) is 4.24. The van der Waals surface area contributed by atoms with E-state index in [4.69, 9.17) is 0 Å². The van der Waals surface area contributed by atoms with Crippen molar-refractivity contribution in [2.24, 2.45) is 0 Å². The fourth-order valence-corrected chi connectivity index (χ4v) is 5.23. The van der Waals surface area contributed by atoms with Crippen molar-refractivity contribution in [1.82, 2.24) is 4.98 Å². The number of para-hydroxylation sites is 1. The van der Waals surface area contributed by atoms with E-state index < -0.39 is 17.7 Å². The molecule has 1 aromatic heterocycles. The van der Waals surface area contributed by atoms with E-state index in [1.165, 1.54) is 16.2 Å². The lowest BCUT2D eigenvalue weighted by Gasteiger charge is -2.23. The predicted octanol–water partition coefficient (Wildman–Crippen LogP) is 6.35. The van der Waals surface area contributed by atoms with Crippen molar-refractivity contribution in [2.75, 3.05) is 4.90 Å². The normalized spacial score (nSPS) is 17.8. The highest BCUT2D eigenvalue weighted by atomic mass is 32.1. The van der Waals surface area contributed by atoms with Crippen LogP contribution in [0, 0.1) is 6.92 Å². The first-order valence-corrected chi connectivity index (χ1v) is 12.0. The summed E-state index contributed by atoms with van der Waals surface area (Å²) in [5.41, 5.74) is 4.27. The number of fused-ring (bicyclic) bond motifs is 1. The Kier molecular flexibility index (Phi) is 5.54. The van der Waals surface area contributed by atoms with Gasteiger partial charge in [-0.05, 0) is 36.1 Å². The number of anilines is 1. The Labute approximate surface area is 202 Å². The number of aromatic nitrogens is 1. The molecule has 0 radical (unpaired) electrons. The maximum absolute atomic E-state index is 13.3. The van der Waals surface area contributed by atoms with Crippen LogP contribution in [0.3, 0.4) is 0 Å². The molecule has 1 aliphatic rings. The number of amides is 1. The lowest BCUT2D eigenvalue weighted by atomic mass is 9.93. The number of aryl methyl sites for hydroxylation is 1. The molecule has 1 fully saturated rings. The number of carbonyl (C=O) groups excluding carboxylic acids is 2. The second-order valence-corrected chi connectivity index (χ2v) is 9.83. The van der Waals surface area contributed by atoms with E-state index in [1.54, 1.807) is 12.1 Å². The number of thiazole rings is 1. The molecule has 1 atom stereocenters. The second-order valence-electron chi connectivity index (χ2n) is 8.82. The summed E-state index contributed by atoms with van der Waals surface area (Å²) in [5, 5.41) is 11.7.